The van der Waals surface area contributed by atoms with Gasteiger partial charge in [-0.1, -0.05) is 66.2 Å². The van der Waals surface area contributed by atoms with Gasteiger partial charge in [-0.15, -0.1) is 11.8 Å². The highest BCUT2D eigenvalue weighted by Crippen LogP contribution is 2.19. The van der Waals surface area contributed by atoms with Gasteiger partial charge in [0.2, 0.25) is 11.8 Å². The number of carbonyl (C=O) groups excluding carboxylic acids is 2. The van der Waals surface area contributed by atoms with Crippen molar-refractivity contribution in [2.24, 2.45) is 5.92 Å². The van der Waals surface area contributed by atoms with Crippen LogP contribution in [0.1, 0.15) is 37.5 Å². The molecule has 0 aliphatic rings. The van der Waals surface area contributed by atoms with Crippen molar-refractivity contribution in [2.45, 2.75) is 46.0 Å². The number of halogens is 1. The maximum atomic E-state index is 13.1. The van der Waals surface area contributed by atoms with Crippen LogP contribution in [0, 0.1) is 12.8 Å². The van der Waals surface area contributed by atoms with E-state index in [1.165, 1.54) is 5.56 Å². The number of hydrogen-bond acceptors (Lipinski definition) is 3. The van der Waals surface area contributed by atoms with Crippen LogP contribution in [0.5, 0.6) is 0 Å². The van der Waals surface area contributed by atoms with Crippen LogP contribution in [-0.2, 0) is 21.9 Å². The second-order valence-electron chi connectivity index (χ2n) is 7.88. The Balaban J connectivity index is 2.06. The lowest BCUT2D eigenvalue weighted by molar-refractivity contribution is -0.138. The van der Waals surface area contributed by atoms with Crippen LogP contribution in [0.3, 0.4) is 0 Å². The third-order valence-corrected chi connectivity index (χ3v) is 6.38. The van der Waals surface area contributed by atoms with Gasteiger partial charge in [-0.3, -0.25) is 9.59 Å². The van der Waals surface area contributed by atoms with Crippen molar-refractivity contribution in [3.8, 4) is 0 Å². The molecule has 1 atom stereocenters. The summed E-state index contributed by atoms with van der Waals surface area (Å²) in [5, 5.41) is 2.96. The number of nitrogens with one attached hydrogen (secondary N) is 1. The van der Waals surface area contributed by atoms with Crippen LogP contribution in [0.15, 0.2) is 53.0 Å². The van der Waals surface area contributed by atoms with E-state index in [-0.39, 0.29) is 11.8 Å². The monoisotopic (exact) mass is 490 g/mol. The molecule has 0 spiro atoms. The summed E-state index contributed by atoms with van der Waals surface area (Å²) in [6.07, 6.45) is 0. The zero-order valence-corrected chi connectivity index (χ0v) is 20.6. The minimum Gasteiger partial charge on any atom is -0.354 e. The van der Waals surface area contributed by atoms with E-state index >= 15 is 0 Å². The van der Waals surface area contributed by atoms with Gasteiger partial charge in [-0.2, -0.15) is 0 Å². The van der Waals surface area contributed by atoms with Crippen molar-refractivity contribution in [3.05, 3.63) is 69.7 Å². The van der Waals surface area contributed by atoms with Gasteiger partial charge in [-0.05, 0) is 48.6 Å². The fourth-order valence-corrected chi connectivity index (χ4v) is 4.06. The predicted molar refractivity (Wildman–Crippen MR) is 129 cm³/mol. The summed E-state index contributed by atoms with van der Waals surface area (Å²) in [5.41, 5.74) is 3.35. The van der Waals surface area contributed by atoms with Gasteiger partial charge in [0, 0.05) is 23.3 Å². The lowest BCUT2D eigenvalue weighted by atomic mass is 10.1. The Labute approximate surface area is 192 Å². The molecule has 0 bridgehead atoms. The molecule has 6 heteroatoms. The first-order chi connectivity index (χ1) is 14.3. The Bertz CT molecular complexity index is 839. The van der Waals surface area contributed by atoms with Gasteiger partial charge in [0.1, 0.15) is 6.04 Å². The topological polar surface area (TPSA) is 49.4 Å². The van der Waals surface area contributed by atoms with E-state index in [2.05, 4.69) is 47.2 Å². The van der Waals surface area contributed by atoms with E-state index < -0.39 is 6.04 Å². The number of aryl methyl sites for hydroxylation is 1. The van der Waals surface area contributed by atoms with Crippen molar-refractivity contribution in [2.75, 3.05) is 12.3 Å². The molecule has 162 valence electrons. The molecule has 0 unspecified atom stereocenters. The Morgan fingerprint density at radius 2 is 1.73 bits per heavy atom. The molecule has 2 aromatic rings. The number of amides is 2. The zero-order chi connectivity index (χ0) is 22.1. The van der Waals surface area contributed by atoms with E-state index in [4.69, 9.17) is 0 Å². The minimum absolute atomic E-state index is 0.0208. The molecular weight excluding hydrogens is 460 g/mol. The SMILES string of the molecule is Cc1ccccc1CN(C(=O)CSCc1ccc(Br)cc1)[C@H](C)C(=O)NCC(C)C. The first-order valence-corrected chi connectivity index (χ1v) is 12.2. The van der Waals surface area contributed by atoms with Crippen molar-refractivity contribution >= 4 is 39.5 Å². The van der Waals surface area contributed by atoms with Crippen molar-refractivity contribution < 1.29 is 9.59 Å². The molecule has 0 radical (unpaired) electrons. The average molecular weight is 491 g/mol. The van der Waals surface area contributed by atoms with Crippen molar-refractivity contribution in [3.63, 3.8) is 0 Å². The maximum absolute atomic E-state index is 13.1. The highest BCUT2D eigenvalue weighted by Gasteiger charge is 2.26. The molecule has 2 rings (SSSR count). The normalized spacial score (nSPS) is 11.9. The van der Waals surface area contributed by atoms with E-state index in [1.807, 2.05) is 50.2 Å². The largest absolute Gasteiger partial charge is 0.354 e. The summed E-state index contributed by atoms with van der Waals surface area (Å²) in [6, 6.07) is 15.6. The average Bonchev–Trinajstić information content (AvgIpc) is 2.72. The van der Waals surface area contributed by atoms with Gasteiger partial charge < -0.3 is 10.2 Å². The van der Waals surface area contributed by atoms with Gasteiger partial charge in [-0.25, -0.2) is 0 Å². The van der Waals surface area contributed by atoms with E-state index in [9.17, 15) is 9.59 Å². The van der Waals surface area contributed by atoms with Gasteiger partial charge in [0.25, 0.3) is 0 Å². The van der Waals surface area contributed by atoms with Crippen LogP contribution in [0.2, 0.25) is 0 Å². The van der Waals surface area contributed by atoms with Crippen LogP contribution in [0.4, 0.5) is 0 Å². The van der Waals surface area contributed by atoms with Crippen molar-refractivity contribution in [1.29, 1.82) is 0 Å². The molecule has 0 aliphatic carbocycles. The second kappa shape index (κ2) is 12.2. The highest BCUT2D eigenvalue weighted by atomic mass is 79.9. The third kappa shape index (κ3) is 7.80. The zero-order valence-electron chi connectivity index (χ0n) is 18.2. The minimum atomic E-state index is -0.524. The second-order valence-corrected chi connectivity index (χ2v) is 9.78. The molecule has 30 heavy (non-hydrogen) atoms. The maximum Gasteiger partial charge on any atom is 0.242 e. The number of hydrogen-bond donors (Lipinski definition) is 1. The first-order valence-electron chi connectivity index (χ1n) is 10.2. The molecule has 0 saturated heterocycles. The molecular formula is C24H31BrN2O2S. The van der Waals surface area contributed by atoms with Gasteiger partial charge >= 0.3 is 0 Å². The molecule has 0 saturated carbocycles. The van der Waals surface area contributed by atoms with Crippen molar-refractivity contribution in [1.82, 2.24) is 10.2 Å². The Morgan fingerprint density at radius 1 is 1.07 bits per heavy atom. The van der Waals surface area contributed by atoms with Crippen LogP contribution >= 0.6 is 27.7 Å². The third-order valence-electron chi connectivity index (χ3n) is 4.86. The fourth-order valence-electron chi connectivity index (χ4n) is 2.93. The molecule has 0 aliphatic heterocycles. The summed E-state index contributed by atoms with van der Waals surface area (Å²) in [5.74, 6) is 1.33. The number of thioether (sulfide) groups is 1. The fraction of sp³-hybridized carbons (Fsp3) is 0.417. The summed E-state index contributed by atoms with van der Waals surface area (Å²) >= 11 is 5.01. The summed E-state index contributed by atoms with van der Waals surface area (Å²) < 4.78 is 1.04. The lowest BCUT2D eigenvalue weighted by Crippen LogP contribution is -2.48. The van der Waals surface area contributed by atoms with Gasteiger partial charge in [0.15, 0.2) is 0 Å². The number of benzene rings is 2. The van der Waals surface area contributed by atoms with Crippen LogP contribution < -0.4 is 5.32 Å². The van der Waals surface area contributed by atoms with Gasteiger partial charge in [0.05, 0.1) is 5.75 Å². The van der Waals surface area contributed by atoms with E-state index in [1.54, 1.807) is 16.7 Å². The first kappa shape index (κ1) is 24.5. The summed E-state index contributed by atoms with van der Waals surface area (Å²) in [7, 11) is 0. The smallest absolute Gasteiger partial charge is 0.242 e. The van der Waals surface area contributed by atoms with E-state index in [0.29, 0.717) is 24.8 Å². The molecule has 0 aromatic heterocycles. The number of carbonyl (C=O) groups is 2. The highest BCUT2D eigenvalue weighted by molar-refractivity contribution is 9.10. The molecule has 0 fully saturated rings. The summed E-state index contributed by atoms with van der Waals surface area (Å²) in [6.45, 7) is 8.99. The van der Waals surface area contributed by atoms with E-state index in [0.717, 1.165) is 21.4 Å². The molecule has 0 heterocycles. The molecule has 4 nitrogen and oxygen atoms in total. The molecule has 1 N–H and O–H groups in total. The Hall–Kier alpha value is -1.79. The Morgan fingerprint density at radius 3 is 2.37 bits per heavy atom. The molecule has 2 aromatic carbocycles. The quantitative estimate of drug-likeness (QED) is 0.498. The number of rotatable bonds is 10. The van der Waals surface area contributed by atoms with Crippen LogP contribution in [-0.4, -0.2) is 35.1 Å². The number of nitrogens with zero attached hydrogens (tertiary/aromatic N) is 1. The Kier molecular flexibility index (Phi) is 9.92. The van der Waals surface area contributed by atoms with Crippen LogP contribution in [0.25, 0.3) is 0 Å². The predicted octanol–water partition coefficient (Wildman–Crippen LogP) is 5.18. The standard InChI is InChI=1S/C24H31BrN2O2S/c1-17(2)13-26-24(29)19(4)27(14-21-8-6-5-7-18(21)3)23(28)16-30-15-20-9-11-22(25)12-10-20/h5-12,17,19H,13-16H2,1-4H3,(H,26,29)/t19-/m1/s1. The lowest BCUT2D eigenvalue weighted by Gasteiger charge is -2.29. The molecule has 2 amide bonds. The summed E-state index contributed by atoms with van der Waals surface area (Å²) in [4.78, 5) is 27.5.